The molecular formula is C43H39NO3P2. The molecule has 1 amide bonds. The van der Waals surface area contributed by atoms with Crippen LogP contribution in [-0.4, -0.2) is 24.5 Å². The van der Waals surface area contributed by atoms with Gasteiger partial charge in [0.2, 0.25) is 0 Å². The summed E-state index contributed by atoms with van der Waals surface area (Å²) < 4.78 is 6.03. The molecule has 49 heavy (non-hydrogen) atoms. The van der Waals surface area contributed by atoms with Gasteiger partial charge in [0.25, 0.3) is 5.91 Å². The van der Waals surface area contributed by atoms with Gasteiger partial charge in [0.15, 0.2) is 0 Å². The van der Waals surface area contributed by atoms with Crippen LogP contribution in [0.2, 0.25) is 0 Å². The van der Waals surface area contributed by atoms with E-state index < -0.39 is 21.8 Å². The molecule has 0 heterocycles. The lowest BCUT2D eigenvalue weighted by Crippen LogP contribution is -2.44. The summed E-state index contributed by atoms with van der Waals surface area (Å²) in [7, 11) is -1.98. The second kappa shape index (κ2) is 16.5. The van der Waals surface area contributed by atoms with E-state index >= 15 is 0 Å². The van der Waals surface area contributed by atoms with Gasteiger partial charge in [0.1, 0.15) is 6.61 Å². The zero-order chi connectivity index (χ0) is 34.0. The molecule has 0 spiro atoms. The molecule has 6 rings (SSSR count). The van der Waals surface area contributed by atoms with Crippen LogP contribution in [0.15, 0.2) is 170 Å². The summed E-state index contributed by atoms with van der Waals surface area (Å²) in [6.07, 6.45) is 0. The number of ether oxygens (including phenoxy) is 1. The minimum atomic E-state index is -0.999. The monoisotopic (exact) mass is 679 g/mol. The summed E-state index contributed by atoms with van der Waals surface area (Å²) in [6, 6.07) is 56.5. The third kappa shape index (κ3) is 8.23. The number of esters is 1. The molecule has 0 bridgehead atoms. The summed E-state index contributed by atoms with van der Waals surface area (Å²) in [5.41, 5.74) is 1.16. The predicted molar refractivity (Wildman–Crippen MR) is 207 cm³/mol. The van der Waals surface area contributed by atoms with Crippen molar-refractivity contribution in [2.24, 2.45) is 5.92 Å². The van der Waals surface area contributed by atoms with E-state index in [9.17, 15) is 9.59 Å². The number of benzene rings is 6. The Morgan fingerprint density at radius 2 is 0.857 bits per heavy atom. The average Bonchev–Trinajstić information content (AvgIpc) is 3.15. The van der Waals surface area contributed by atoms with Crippen LogP contribution in [0, 0.1) is 5.92 Å². The Labute approximate surface area is 291 Å². The Morgan fingerprint density at radius 3 is 1.27 bits per heavy atom. The largest absolute Gasteiger partial charge is 0.460 e. The zero-order valence-electron chi connectivity index (χ0n) is 27.6. The summed E-state index contributed by atoms with van der Waals surface area (Å²) >= 11 is 0. The Kier molecular flexibility index (Phi) is 11.4. The molecule has 6 aromatic carbocycles. The lowest BCUT2D eigenvalue weighted by atomic mass is 10.0. The van der Waals surface area contributed by atoms with Gasteiger partial charge < -0.3 is 10.1 Å². The summed E-state index contributed by atoms with van der Waals surface area (Å²) in [4.78, 5) is 27.9. The molecule has 0 aromatic heterocycles. The van der Waals surface area contributed by atoms with Gasteiger partial charge in [-0.1, -0.05) is 172 Å². The molecule has 0 aliphatic rings. The van der Waals surface area contributed by atoms with Crippen LogP contribution in [0.1, 0.15) is 34.6 Å². The molecule has 0 unspecified atom stereocenters. The van der Waals surface area contributed by atoms with E-state index in [0.717, 1.165) is 21.2 Å². The lowest BCUT2D eigenvalue weighted by molar-refractivity contribution is 0.0433. The first-order valence-corrected chi connectivity index (χ1v) is 19.2. The highest BCUT2D eigenvalue weighted by molar-refractivity contribution is 7.80. The molecule has 4 nitrogen and oxygen atoms in total. The number of carbonyl (C=O) groups is 2. The number of rotatable bonds is 12. The van der Waals surface area contributed by atoms with Crippen LogP contribution in [0.25, 0.3) is 0 Å². The van der Waals surface area contributed by atoms with Gasteiger partial charge in [0.05, 0.1) is 11.6 Å². The second-order valence-corrected chi connectivity index (χ2v) is 16.3. The fraction of sp³-hybridized carbons (Fsp3) is 0.116. The number of amides is 1. The minimum Gasteiger partial charge on any atom is -0.460 e. The lowest BCUT2D eigenvalue weighted by Gasteiger charge is -2.26. The van der Waals surface area contributed by atoms with Crippen molar-refractivity contribution in [2.45, 2.75) is 19.9 Å². The zero-order valence-corrected chi connectivity index (χ0v) is 29.4. The maximum atomic E-state index is 14.1. The summed E-state index contributed by atoms with van der Waals surface area (Å²) in [6.45, 7) is 4.12. The molecule has 0 fully saturated rings. The van der Waals surface area contributed by atoms with E-state index in [0.29, 0.717) is 11.1 Å². The third-order valence-corrected chi connectivity index (χ3v) is 13.3. The van der Waals surface area contributed by atoms with E-state index in [1.165, 1.54) is 10.6 Å². The van der Waals surface area contributed by atoms with Crippen LogP contribution < -0.4 is 37.1 Å². The predicted octanol–water partition coefficient (Wildman–Crippen LogP) is 6.81. The molecule has 0 aliphatic carbocycles. The minimum absolute atomic E-state index is 0.0228. The van der Waals surface area contributed by atoms with Crippen molar-refractivity contribution in [3.05, 3.63) is 181 Å². The number of nitrogens with one attached hydrogen (secondary N) is 1. The standard InChI is InChI=1S/C43H39NO3P2/c1-32(2)39(44-42(45)37-27-15-17-29-40(37)48(33-19-7-3-8-20-33)34-21-9-4-10-22-34)31-47-43(46)38-28-16-18-30-41(38)49(35-23-11-5-12-24-35)36-25-13-6-14-26-36/h3-30,32,39H,31H2,1-2H3,(H,44,45)/t39-/m1/s1. The van der Waals surface area contributed by atoms with E-state index in [-0.39, 0.29) is 24.5 Å². The first-order valence-electron chi connectivity index (χ1n) is 16.5. The van der Waals surface area contributed by atoms with Crippen LogP contribution in [0.3, 0.4) is 0 Å². The number of hydrogen-bond acceptors (Lipinski definition) is 3. The highest BCUT2D eigenvalue weighted by Crippen LogP contribution is 2.35. The first kappa shape index (κ1) is 34.0. The Bertz CT molecular complexity index is 1890. The van der Waals surface area contributed by atoms with Gasteiger partial charge in [0, 0.05) is 5.56 Å². The molecular weight excluding hydrogens is 640 g/mol. The van der Waals surface area contributed by atoms with Gasteiger partial charge >= 0.3 is 5.97 Å². The molecule has 6 heteroatoms. The van der Waals surface area contributed by atoms with Gasteiger partial charge in [-0.2, -0.15) is 0 Å². The quantitative estimate of drug-likeness (QED) is 0.114. The van der Waals surface area contributed by atoms with Crippen LogP contribution in [-0.2, 0) is 4.74 Å². The molecule has 0 saturated carbocycles. The van der Waals surface area contributed by atoms with Crippen molar-refractivity contribution in [3.8, 4) is 0 Å². The average molecular weight is 680 g/mol. The fourth-order valence-corrected chi connectivity index (χ4v) is 10.6. The topological polar surface area (TPSA) is 55.4 Å². The Balaban J connectivity index is 1.24. The van der Waals surface area contributed by atoms with Crippen molar-refractivity contribution in [1.29, 1.82) is 0 Å². The third-order valence-electron chi connectivity index (χ3n) is 8.33. The molecule has 0 radical (unpaired) electrons. The van der Waals surface area contributed by atoms with Crippen molar-refractivity contribution in [2.75, 3.05) is 6.61 Å². The number of hydrogen-bond donors (Lipinski definition) is 1. The normalized spacial score (nSPS) is 11.8. The molecule has 1 atom stereocenters. The smallest absolute Gasteiger partial charge is 0.338 e. The van der Waals surface area contributed by atoms with Crippen molar-refractivity contribution in [1.82, 2.24) is 5.32 Å². The molecule has 244 valence electrons. The van der Waals surface area contributed by atoms with Crippen LogP contribution in [0.5, 0.6) is 0 Å². The first-order chi connectivity index (χ1) is 24.0. The van der Waals surface area contributed by atoms with Gasteiger partial charge in [-0.15, -0.1) is 0 Å². The Morgan fingerprint density at radius 1 is 0.510 bits per heavy atom. The molecule has 1 N–H and O–H groups in total. The van der Waals surface area contributed by atoms with Gasteiger partial charge in [-0.3, -0.25) is 4.79 Å². The van der Waals surface area contributed by atoms with Crippen LogP contribution in [0.4, 0.5) is 0 Å². The number of carbonyl (C=O) groups excluding carboxylic acids is 2. The van der Waals surface area contributed by atoms with Crippen molar-refractivity contribution >= 4 is 59.5 Å². The summed E-state index contributed by atoms with van der Waals surface area (Å²) in [5, 5.41) is 9.79. The van der Waals surface area contributed by atoms with Crippen molar-refractivity contribution in [3.63, 3.8) is 0 Å². The highest BCUT2D eigenvalue weighted by atomic mass is 31.1. The van der Waals surface area contributed by atoms with E-state index in [1.54, 1.807) is 0 Å². The molecule has 0 saturated heterocycles. The SMILES string of the molecule is CC(C)[C@@H](COC(=O)c1ccccc1P(c1ccccc1)c1ccccc1)NC(=O)c1ccccc1P(c1ccccc1)c1ccccc1. The fourth-order valence-electron chi connectivity index (χ4n) is 5.75. The Hall–Kier alpha value is -4.88. The van der Waals surface area contributed by atoms with E-state index in [1.807, 2.05) is 129 Å². The summed E-state index contributed by atoms with van der Waals surface area (Å²) in [5.74, 6) is -0.552. The van der Waals surface area contributed by atoms with E-state index in [4.69, 9.17) is 4.74 Å². The highest BCUT2D eigenvalue weighted by Gasteiger charge is 2.27. The van der Waals surface area contributed by atoms with Crippen molar-refractivity contribution < 1.29 is 14.3 Å². The maximum Gasteiger partial charge on any atom is 0.338 e. The molecule has 0 aliphatic heterocycles. The van der Waals surface area contributed by atoms with Crippen LogP contribution >= 0.6 is 15.8 Å². The molecule has 6 aromatic rings. The maximum absolute atomic E-state index is 14.1. The van der Waals surface area contributed by atoms with Gasteiger partial charge in [-0.05, 0) is 65.7 Å². The van der Waals surface area contributed by atoms with Gasteiger partial charge in [-0.25, -0.2) is 4.79 Å². The van der Waals surface area contributed by atoms with E-state index in [2.05, 4.69) is 59.9 Å². The second-order valence-electron chi connectivity index (χ2n) is 12.0.